The second-order valence-corrected chi connectivity index (χ2v) is 6.27. The summed E-state index contributed by atoms with van der Waals surface area (Å²) in [6.07, 6.45) is 1.69. The lowest BCUT2D eigenvalue weighted by molar-refractivity contribution is 0.0432. The van der Waals surface area contributed by atoms with E-state index in [1.54, 1.807) is 30.5 Å². The van der Waals surface area contributed by atoms with Crippen molar-refractivity contribution in [1.82, 2.24) is 9.38 Å². The molecule has 0 bridgehead atoms. The summed E-state index contributed by atoms with van der Waals surface area (Å²) < 4.78 is 25.1. The fourth-order valence-corrected chi connectivity index (χ4v) is 2.76. The molecule has 3 heterocycles. The van der Waals surface area contributed by atoms with Crippen molar-refractivity contribution < 1.29 is 18.3 Å². The summed E-state index contributed by atoms with van der Waals surface area (Å²) in [5.74, 6) is -0.611. The van der Waals surface area contributed by atoms with E-state index in [4.69, 9.17) is 9.15 Å². The summed E-state index contributed by atoms with van der Waals surface area (Å²) in [5, 5.41) is 0. The zero-order chi connectivity index (χ0) is 19.7. The average Bonchev–Trinajstić information content (AvgIpc) is 3.17. The molecule has 7 heteroatoms. The maximum atomic E-state index is 13.0. The summed E-state index contributed by atoms with van der Waals surface area (Å²) in [6, 6.07) is 13.7. The molecule has 0 radical (unpaired) electrons. The molecule has 140 valence electrons. The number of aromatic nitrogens is 2. The summed E-state index contributed by atoms with van der Waals surface area (Å²) in [4.78, 5) is 28.7. The molecule has 0 aliphatic heterocycles. The molecule has 28 heavy (non-hydrogen) atoms. The molecule has 3 aromatic heterocycles. The smallest absolute Gasteiger partial charge is 0.374 e. The summed E-state index contributed by atoms with van der Waals surface area (Å²) in [7, 11) is 0. The summed E-state index contributed by atoms with van der Waals surface area (Å²) in [6.45, 7) is 1.72. The number of pyridine rings is 1. The maximum Gasteiger partial charge on any atom is 0.374 e. The molecule has 0 unspecified atom stereocenters. The highest BCUT2D eigenvalue weighted by molar-refractivity contribution is 5.87. The number of hydrogen-bond acceptors (Lipinski definition) is 5. The number of esters is 1. The maximum absolute atomic E-state index is 13.0. The molecule has 0 atom stereocenters. The minimum Gasteiger partial charge on any atom is -0.453 e. The fourth-order valence-electron chi connectivity index (χ4n) is 2.76. The van der Waals surface area contributed by atoms with E-state index < -0.39 is 5.97 Å². The number of fused-ring (bicyclic) bond motifs is 1. The highest BCUT2D eigenvalue weighted by Gasteiger charge is 2.15. The second-order valence-electron chi connectivity index (χ2n) is 6.27. The zero-order valence-electron chi connectivity index (χ0n) is 14.9. The van der Waals surface area contributed by atoms with E-state index in [0.717, 1.165) is 5.56 Å². The van der Waals surface area contributed by atoms with E-state index >= 15 is 0 Å². The third-order valence-electron chi connectivity index (χ3n) is 4.15. The topological polar surface area (TPSA) is 73.8 Å². The van der Waals surface area contributed by atoms with Crippen molar-refractivity contribution in [2.75, 3.05) is 0 Å². The number of nitrogens with zero attached hydrogens (tertiary/aromatic N) is 2. The number of carbonyl (C=O) groups excluding carboxylic acids is 1. The number of benzene rings is 1. The van der Waals surface area contributed by atoms with Gasteiger partial charge in [-0.1, -0.05) is 6.07 Å². The van der Waals surface area contributed by atoms with Crippen LogP contribution in [0.3, 0.4) is 0 Å². The summed E-state index contributed by atoms with van der Waals surface area (Å²) >= 11 is 0. The molecular weight excluding hydrogens is 363 g/mol. The van der Waals surface area contributed by atoms with E-state index in [-0.39, 0.29) is 23.7 Å². The largest absolute Gasteiger partial charge is 0.453 e. The number of furan rings is 1. The van der Waals surface area contributed by atoms with Crippen molar-refractivity contribution in [3.63, 3.8) is 0 Å². The lowest BCUT2D eigenvalue weighted by Crippen LogP contribution is -2.16. The summed E-state index contributed by atoms with van der Waals surface area (Å²) in [5.41, 5.74) is 2.13. The predicted molar refractivity (Wildman–Crippen MR) is 99.4 cm³/mol. The van der Waals surface area contributed by atoms with Gasteiger partial charge in [0.15, 0.2) is 0 Å². The number of halogens is 1. The first-order valence-corrected chi connectivity index (χ1v) is 8.51. The van der Waals surface area contributed by atoms with Gasteiger partial charge in [-0.3, -0.25) is 9.20 Å². The van der Waals surface area contributed by atoms with Gasteiger partial charge < -0.3 is 9.15 Å². The average molecular weight is 378 g/mol. The minimum atomic E-state index is -0.681. The van der Waals surface area contributed by atoms with Crippen LogP contribution in [0.1, 0.15) is 21.8 Å². The first kappa shape index (κ1) is 17.7. The Bertz CT molecular complexity index is 1230. The minimum absolute atomic E-state index is 0.00691. The Kier molecular flexibility index (Phi) is 4.49. The van der Waals surface area contributed by atoms with Crippen LogP contribution in [-0.4, -0.2) is 15.4 Å². The lowest BCUT2D eigenvalue weighted by Gasteiger charge is -2.05. The normalized spacial score (nSPS) is 10.9. The van der Waals surface area contributed by atoms with Crippen molar-refractivity contribution in [3.05, 3.63) is 94.0 Å². The monoisotopic (exact) mass is 378 g/mol. The van der Waals surface area contributed by atoms with Crippen LogP contribution in [0.2, 0.25) is 0 Å². The predicted octanol–water partition coefficient (Wildman–Crippen LogP) is 3.76. The van der Waals surface area contributed by atoms with Crippen LogP contribution in [-0.2, 0) is 11.3 Å². The van der Waals surface area contributed by atoms with Crippen LogP contribution in [0.25, 0.3) is 17.0 Å². The van der Waals surface area contributed by atoms with E-state index in [9.17, 15) is 14.0 Å². The van der Waals surface area contributed by atoms with Crippen molar-refractivity contribution in [2.24, 2.45) is 0 Å². The van der Waals surface area contributed by atoms with E-state index in [2.05, 4.69) is 4.98 Å². The van der Waals surface area contributed by atoms with Crippen LogP contribution in [0, 0.1) is 12.7 Å². The molecule has 0 amide bonds. The molecule has 0 aliphatic carbocycles. The molecule has 0 N–H and O–H groups in total. The number of aryl methyl sites for hydroxylation is 1. The molecule has 0 fully saturated rings. The van der Waals surface area contributed by atoms with Gasteiger partial charge in [0, 0.05) is 17.8 Å². The van der Waals surface area contributed by atoms with E-state index in [1.807, 2.05) is 13.0 Å². The zero-order valence-corrected chi connectivity index (χ0v) is 14.9. The number of rotatable bonds is 4. The van der Waals surface area contributed by atoms with Crippen LogP contribution in [0.5, 0.6) is 0 Å². The van der Waals surface area contributed by atoms with Crippen LogP contribution in [0.4, 0.5) is 4.39 Å². The Morgan fingerprint density at radius 2 is 1.93 bits per heavy atom. The molecule has 4 aromatic rings. The number of carbonyl (C=O) groups is 1. The first-order chi connectivity index (χ1) is 13.5. The highest BCUT2D eigenvalue weighted by Crippen LogP contribution is 2.23. The Morgan fingerprint density at radius 3 is 2.71 bits per heavy atom. The number of ether oxygens (including phenoxy) is 1. The van der Waals surface area contributed by atoms with Gasteiger partial charge in [-0.15, -0.1) is 0 Å². The van der Waals surface area contributed by atoms with Gasteiger partial charge in [0.05, 0.1) is 5.69 Å². The molecule has 0 saturated carbocycles. The fraction of sp³-hybridized carbons (Fsp3) is 0.0952. The third kappa shape index (κ3) is 3.55. The van der Waals surface area contributed by atoms with Crippen molar-refractivity contribution >= 4 is 11.6 Å². The Labute approximate surface area is 158 Å². The molecule has 6 nitrogen and oxygen atoms in total. The lowest BCUT2D eigenvalue weighted by atomic mass is 10.2. The SMILES string of the molecule is Cc1ccc2nc(COC(=O)c3ccc(-c4ccc(F)cc4)o3)cc(=O)n2c1. The van der Waals surface area contributed by atoms with E-state index in [1.165, 1.54) is 28.7 Å². The van der Waals surface area contributed by atoms with Crippen LogP contribution >= 0.6 is 0 Å². The van der Waals surface area contributed by atoms with Gasteiger partial charge in [0.1, 0.15) is 23.8 Å². The Morgan fingerprint density at radius 1 is 1.14 bits per heavy atom. The molecule has 0 aliphatic rings. The van der Waals surface area contributed by atoms with Crippen molar-refractivity contribution in [2.45, 2.75) is 13.5 Å². The van der Waals surface area contributed by atoms with Gasteiger partial charge in [-0.05, 0) is 55.0 Å². The van der Waals surface area contributed by atoms with Gasteiger partial charge in [0.2, 0.25) is 5.76 Å². The van der Waals surface area contributed by atoms with E-state index in [0.29, 0.717) is 22.7 Å². The first-order valence-electron chi connectivity index (χ1n) is 8.51. The second kappa shape index (κ2) is 7.11. The third-order valence-corrected chi connectivity index (χ3v) is 4.15. The van der Waals surface area contributed by atoms with Crippen molar-refractivity contribution in [1.29, 1.82) is 0 Å². The molecule has 1 aromatic carbocycles. The van der Waals surface area contributed by atoms with Gasteiger partial charge >= 0.3 is 5.97 Å². The number of hydrogen-bond donors (Lipinski definition) is 0. The molecular formula is C21H15FN2O4. The van der Waals surface area contributed by atoms with Crippen LogP contribution < -0.4 is 5.56 Å². The standard InChI is InChI=1S/C21H15FN2O4/c1-13-2-9-19-23-16(10-20(25)24(19)11-13)12-27-21(26)18-8-7-17(28-18)14-3-5-15(22)6-4-14/h2-11H,12H2,1H3. The Balaban J connectivity index is 1.49. The highest BCUT2D eigenvalue weighted by atomic mass is 19.1. The Hall–Kier alpha value is -3.74. The molecule has 0 spiro atoms. The molecule has 0 saturated heterocycles. The molecule has 4 rings (SSSR count). The van der Waals surface area contributed by atoms with Gasteiger partial charge in [-0.2, -0.15) is 0 Å². The van der Waals surface area contributed by atoms with Gasteiger partial charge in [-0.25, -0.2) is 14.2 Å². The van der Waals surface area contributed by atoms with Gasteiger partial charge in [0.25, 0.3) is 5.56 Å². The van der Waals surface area contributed by atoms with Crippen LogP contribution in [0.15, 0.2) is 70.0 Å². The quantitative estimate of drug-likeness (QED) is 0.506. The van der Waals surface area contributed by atoms with Crippen molar-refractivity contribution in [3.8, 4) is 11.3 Å².